The minimum Gasteiger partial charge on any atom is -0.501 e. The lowest BCUT2D eigenvalue weighted by Gasteiger charge is -1.98. The van der Waals surface area contributed by atoms with Crippen molar-refractivity contribution in [2.24, 2.45) is 0 Å². The highest BCUT2D eigenvalue weighted by molar-refractivity contribution is 6.28. The number of rotatable bonds is 3. The summed E-state index contributed by atoms with van der Waals surface area (Å²) in [6, 6.07) is 0. The summed E-state index contributed by atoms with van der Waals surface area (Å²) in [6.07, 6.45) is 4.63. The van der Waals surface area contributed by atoms with Crippen molar-refractivity contribution in [2.45, 2.75) is 6.92 Å². The molecule has 1 aromatic heterocycles. The minimum atomic E-state index is 0.172. The van der Waals surface area contributed by atoms with E-state index in [4.69, 9.17) is 22.1 Å². The van der Waals surface area contributed by atoms with Crippen LogP contribution in [0.3, 0.4) is 0 Å². The van der Waals surface area contributed by atoms with Crippen molar-refractivity contribution in [3.05, 3.63) is 23.4 Å². The lowest BCUT2D eigenvalue weighted by molar-refractivity contribution is 0.272. The highest BCUT2D eigenvalue weighted by Crippen LogP contribution is 2.11. The van der Waals surface area contributed by atoms with Gasteiger partial charge in [0.2, 0.25) is 5.28 Å². The predicted octanol–water partition coefficient (Wildman–Crippen LogP) is 1.72. The van der Waals surface area contributed by atoms with Gasteiger partial charge < -0.3 is 10.5 Å². The van der Waals surface area contributed by atoms with Crippen molar-refractivity contribution in [3.8, 4) is 0 Å². The van der Waals surface area contributed by atoms with Crippen LogP contribution in [0.25, 0.3) is 6.08 Å². The maximum atomic E-state index is 5.58. The Morgan fingerprint density at radius 3 is 3.15 bits per heavy atom. The van der Waals surface area contributed by atoms with E-state index in [-0.39, 0.29) is 5.28 Å². The molecule has 0 aliphatic carbocycles. The van der Waals surface area contributed by atoms with Crippen LogP contribution < -0.4 is 5.73 Å². The molecule has 1 heterocycles. The Labute approximate surface area is 81.4 Å². The average molecular weight is 200 g/mol. The van der Waals surface area contributed by atoms with Gasteiger partial charge in [-0.05, 0) is 18.5 Å². The molecule has 1 aromatic rings. The Kier molecular flexibility index (Phi) is 3.52. The van der Waals surface area contributed by atoms with E-state index in [1.165, 1.54) is 12.5 Å². The predicted molar refractivity (Wildman–Crippen MR) is 52.1 cm³/mol. The van der Waals surface area contributed by atoms with E-state index < -0.39 is 0 Å². The van der Waals surface area contributed by atoms with Crippen LogP contribution in [0.5, 0.6) is 0 Å². The Hall–Kier alpha value is -1.29. The van der Waals surface area contributed by atoms with Gasteiger partial charge in [0.25, 0.3) is 0 Å². The van der Waals surface area contributed by atoms with Crippen LogP contribution in [0.4, 0.5) is 5.69 Å². The lowest BCUT2D eigenvalue weighted by atomic mass is 10.3. The van der Waals surface area contributed by atoms with Gasteiger partial charge in [0.15, 0.2) is 0 Å². The number of nitrogen functional groups attached to an aromatic ring is 1. The van der Waals surface area contributed by atoms with Gasteiger partial charge in [-0.25, -0.2) is 9.97 Å². The normalized spacial score (nSPS) is 10.6. The van der Waals surface area contributed by atoms with Crippen molar-refractivity contribution in [2.75, 3.05) is 12.3 Å². The average Bonchev–Trinajstić information content (AvgIpc) is 2.11. The first kappa shape index (κ1) is 9.80. The maximum absolute atomic E-state index is 5.58. The molecule has 0 aliphatic rings. The second-order valence-electron chi connectivity index (χ2n) is 2.24. The van der Waals surface area contributed by atoms with Gasteiger partial charge >= 0.3 is 0 Å². The topological polar surface area (TPSA) is 61.0 Å². The summed E-state index contributed by atoms with van der Waals surface area (Å²) in [5.74, 6) is 0. The fourth-order valence-electron chi connectivity index (χ4n) is 0.724. The van der Waals surface area contributed by atoms with Crippen molar-refractivity contribution in [1.29, 1.82) is 0 Å². The second-order valence-corrected chi connectivity index (χ2v) is 2.58. The molecule has 0 amide bonds. The number of hydrogen-bond donors (Lipinski definition) is 1. The summed E-state index contributed by atoms with van der Waals surface area (Å²) < 4.78 is 4.99. The third kappa shape index (κ3) is 2.91. The molecule has 5 heteroatoms. The van der Waals surface area contributed by atoms with E-state index in [0.717, 1.165) is 0 Å². The zero-order valence-corrected chi connectivity index (χ0v) is 7.95. The number of nitrogens with two attached hydrogens (primary N) is 1. The number of hydrogen-bond acceptors (Lipinski definition) is 4. The van der Waals surface area contributed by atoms with Gasteiger partial charge in [-0.1, -0.05) is 0 Å². The largest absolute Gasteiger partial charge is 0.501 e. The number of aromatic nitrogens is 2. The van der Waals surface area contributed by atoms with Crippen LogP contribution in [0.1, 0.15) is 12.6 Å². The molecule has 0 bridgehead atoms. The molecule has 0 aliphatic heterocycles. The zero-order chi connectivity index (χ0) is 9.68. The molecule has 0 atom stereocenters. The monoisotopic (exact) mass is 199 g/mol. The fraction of sp³-hybridized carbons (Fsp3) is 0.250. The Bertz CT molecular complexity index is 314. The van der Waals surface area contributed by atoms with E-state index in [1.807, 2.05) is 6.92 Å². The number of nitrogens with zero attached hydrogens (tertiary/aromatic N) is 2. The third-order valence-corrected chi connectivity index (χ3v) is 1.49. The fourth-order valence-corrected chi connectivity index (χ4v) is 0.864. The molecule has 13 heavy (non-hydrogen) atoms. The molecule has 0 fully saturated rings. The number of anilines is 1. The van der Waals surface area contributed by atoms with Gasteiger partial charge in [-0.3, -0.25) is 0 Å². The van der Waals surface area contributed by atoms with Crippen molar-refractivity contribution in [3.63, 3.8) is 0 Å². The Balaban J connectivity index is 2.81. The van der Waals surface area contributed by atoms with Gasteiger partial charge in [0.1, 0.15) is 0 Å². The van der Waals surface area contributed by atoms with Crippen LogP contribution >= 0.6 is 11.6 Å². The van der Waals surface area contributed by atoms with Crippen molar-refractivity contribution >= 4 is 23.4 Å². The van der Waals surface area contributed by atoms with Crippen LogP contribution in [0.15, 0.2) is 12.5 Å². The minimum absolute atomic E-state index is 0.172. The first-order chi connectivity index (χ1) is 6.24. The Morgan fingerprint density at radius 1 is 1.69 bits per heavy atom. The highest BCUT2D eigenvalue weighted by Gasteiger charge is 1.98. The molecule has 0 unspecified atom stereocenters. The first-order valence-electron chi connectivity index (χ1n) is 3.80. The SMILES string of the molecule is CCO/C=C/c1nc(Cl)ncc1N. The Morgan fingerprint density at radius 2 is 2.46 bits per heavy atom. The quantitative estimate of drug-likeness (QED) is 0.595. The van der Waals surface area contributed by atoms with Crippen LogP contribution in [0, 0.1) is 0 Å². The molecule has 0 saturated carbocycles. The zero-order valence-electron chi connectivity index (χ0n) is 7.20. The molecule has 1 rings (SSSR count). The molecular weight excluding hydrogens is 190 g/mol. The molecule has 0 saturated heterocycles. The van der Waals surface area contributed by atoms with E-state index >= 15 is 0 Å². The van der Waals surface area contributed by atoms with Gasteiger partial charge in [0.05, 0.1) is 30.4 Å². The molecule has 70 valence electrons. The van der Waals surface area contributed by atoms with Gasteiger partial charge in [-0.2, -0.15) is 0 Å². The summed E-state index contributed by atoms with van der Waals surface area (Å²) in [4.78, 5) is 7.63. The summed E-state index contributed by atoms with van der Waals surface area (Å²) in [6.45, 7) is 2.50. The van der Waals surface area contributed by atoms with Gasteiger partial charge in [-0.15, -0.1) is 0 Å². The van der Waals surface area contributed by atoms with Gasteiger partial charge in [0, 0.05) is 6.08 Å². The van der Waals surface area contributed by atoms with E-state index in [0.29, 0.717) is 18.0 Å². The summed E-state index contributed by atoms with van der Waals surface area (Å²) in [7, 11) is 0. The van der Waals surface area contributed by atoms with Crippen molar-refractivity contribution < 1.29 is 4.74 Å². The molecular formula is C8H10ClN3O. The molecule has 2 N–H and O–H groups in total. The summed E-state index contributed by atoms with van der Waals surface area (Å²) >= 11 is 5.58. The van der Waals surface area contributed by atoms with E-state index in [2.05, 4.69) is 9.97 Å². The first-order valence-corrected chi connectivity index (χ1v) is 4.18. The molecule has 0 radical (unpaired) electrons. The lowest BCUT2D eigenvalue weighted by Crippen LogP contribution is -1.95. The summed E-state index contributed by atoms with van der Waals surface area (Å²) in [5, 5.41) is 0.172. The standard InChI is InChI=1S/C8H10ClN3O/c1-2-13-4-3-7-6(10)5-11-8(9)12-7/h3-5H,2,10H2,1H3/b4-3+. The smallest absolute Gasteiger partial charge is 0.223 e. The van der Waals surface area contributed by atoms with E-state index in [1.54, 1.807) is 6.08 Å². The van der Waals surface area contributed by atoms with Crippen LogP contribution in [-0.4, -0.2) is 16.6 Å². The maximum Gasteiger partial charge on any atom is 0.223 e. The highest BCUT2D eigenvalue weighted by atomic mass is 35.5. The molecule has 0 spiro atoms. The molecule has 4 nitrogen and oxygen atoms in total. The number of halogens is 1. The summed E-state index contributed by atoms with van der Waals surface area (Å²) in [5.41, 5.74) is 6.62. The van der Waals surface area contributed by atoms with Crippen molar-refractivity contribution in [1.82, 2.24) is 9.97 Å². The molecule has 0 aromatic carbocycles. The van der Waals surface area contributed by atoms with Crippen LogP contribution in [-0.2, 0) is 4.74 Å². The van der Waals surface area contributed by atoms with Crippen LogP contribution in [0.2, 0.25) is 5.28 Å². The van der Waals surface area contributed by atoms with E-state index in [9.17, 15) is 0 Å². The second kappa shape index (κ2) is 4.67. The third-order valence-electron chi connectivity index (χ3n) is 1.31. The number of ether oxygens (including phenoxy) is 1.